The first kappa shape index (κ1) is 48.2. The van der Waals surface area contributed by atoms with Crippen molar-refractivity contribution in [3.63, 3.8) is 0 Å². The molecule has 5 heteroatoms. The minimum Gasteiger partial charge on any atom is -0.456 e. The Hall–Kier alpha value is -9.52. The van der Waals surface area contributed by atoms with Gasteiger partial charge in [-0.15, -0.1) is 22.7 Å². The van der Waals surface area contributed by atoms with Crippen LogP contribution in [0, 0.1) is 0 Å². The molecule has 0 spiro atoms. The molecule has 0 amide bonds. The predicted octanol–water partition coefficient (Wildman–Crippen LogP) is 23.8. The molecule has 0 atom stereocenters. The molecule has 394 valence electrons. The number of hydrogen-bond acceptors (Lipinski definition) is 4. The number of rotatable bonds is 11. The van der Waals surface area contributed by atoms with Gasteiger partial charge in [0, 0.05) is 72.7 Å². The van der Waals surface area contributed by atoms with Gasteiger partial charge in [-0.05, 0) is 177 Å². The van der Waals surface area contributed by atoms with E-state index in [0.717, 1.165) is 90.1 Å². The van der Waals surface area contributed by atoms with Gasteiger partial charge in [0.2, 0.25) is 0 Å². The number of benzene rings is 12. The van der Waals surface area contributed by atoms with Crippen LogP contribution in [0.25, 0.3) is 167 Å². The van der Waals surface area contributed by atoms with E-state index >= 15 is 0 Å². The molecule has 0 unspecified atom stereocenters. The first-order valence-electron chi connectivity index (χ1n) is 29.1. The molecule has 17 rings (SSSR count). The summed E-state index contributed by atoms with van der Waals surface area (Å²) in [6, 6.07) is 89.8. The molecular weight excluding hydrogens is 1050 g/mol. The Kier molecular flexibility index (Phi) is 11.2. The van der Waals surface area contributed by atoms with E-state index in [2.05, 4.69) is 254 Å². The summed E-state index contributed by atoms with van der Waals surface area (Å²) in [4.78, 5) is 0. The first-order chi connectivity index (χ1) is 41.1. The molecule has 0 saturated carbocycles. The number of aryl methyl sites for hydroxylation is 1. The van der Waals surface area contributed by atoms with Gasteiger partial charge in [-0.25, -0.2) is 0 Å². The highest BCUT2D eigenvalue weighted by atomic mass is 32.1. The molecule has 0 fully saturated rings. The summed E-state index contributed by atoms with van der Waals surface area (Å²) in [5.41, 5.74) is 20.3. The number of nitrogens with zero attached hydrogens (tertiary/aromatic N) is 1. The summed E-state index contributed by atoms with van der Waals surface area (Å²) in [6.45, 7) is 2.29. The summed E-state index contributed by atoms with van der Waals surface area (Å²) in [7, 11) is 0. The summed E-state index contributed by atoms with van der Waals surface area (Å²) in [5.74, 6) is 0. The minimum atomic E-state index is 0.884. The highest BCUT2D eigenvalue weighted by Crippen LogP contribution is 2.46. The minimum absolute atomic E-state index is 0.884. The molecule has 5 aromatic heterocycles. The largest absolute Gasteiger partial charge is 0.456 e. The number of unbranched alkanes of at least 4 members (excludes halogenated alkanes) is 3. The van der Waals surface area contributed by atoms with E-state index < -0.39 is 0 Å². The van der Waals surface area contributed by atoms with Crippen LogP contribution in [0.3, 0.4) is 0 Å². The van der Waals surface area contributed by atoms with E-state index in [1.165, 1.54) is 115 Å². The van der Waals surface area contributed by atoms with Crippen LogP contribution in [0.2, 0.25) is 0 Å². The zero-order valence-electron chi connectivity index (χ0n) is 45.7. The van der Waals surface area contributed by atoms with Crippen molar-refractivity contribution in [1.29, 1.82) is 0 Å². The molecule has 0 N–H and O–H groups in total. The number of para-hydroxylation sites is 1. The van der Waals surface area contributed by atoms with Crippen molar-refractivity contribution in [3.05, 3.63) is 248 Å². The van der Waals surface area contributed by atoms with Gasteiger partial charge in [-0.1, -0.05) is 166 Å². The molecule has 12 aromatic carbocycles. The smallest absolute Gasteiger partial charge is 0.159 e. The maximum absolute atomic E-state index is 7.09. The zero-order chi connectivity index (χ0) is 54.7. The molecule has 0 radical (unpaired) electrons. The van der Waals surface area contributed by atoms with E-state index in [9.17, 15) is 0 Å². The maximum atomic E-state index is 7.09. The zero-order valence-corrected chi connectivity index (χ0v) is 47.3. The van der Waals surface area contributed by atoms with E-state index in [1.54, 1.807) is 0 Å². The van der Waals surface area contributed by atoms with Crippen LogP contribution < -0.4 is 0 Å². The molecule has 17 aromatic rings. The fourth-order valence-electron chi connectivity index (χ4n) is 13.5. The fourth-order valence-corrected chi connectivity index (χ4v) is 15.7. The summed E-state index contributed by atoms with van der Waals surface area (Å²) < 4.78 is 21.4. The van der Waals surface area contributed by atoms with Crippen LogP contribution in [0.5, 0.6) is 0 Å². The molecular formula is C78H53NO2S2. The highest BCUT2D eigenvalue weighted by molar-refractivity contribution is 7.26. The van der Waals surface area contributed by atoms with Crippen molar-refractivity contribution in [3.8, 4) is 61.3 Å². The summed E-state index contributed by atoms with van der Waals surface area (Å²) in [6.07, 6.45) is 5.81. The molecule has 0 aliphatic rings. The van der Waals surface area contributed by atoms with Crippen molar-refractivity contribution in [1.82, 2.24) is 4.57 Å². The van der Waals surface area contributed by atoms with Gasteiger partial charge >= 0.3 is 0 Å². The molecule has 83 heavy (non-hydrogen) atoms. The van der Waals surface area contributed by atoms with Crippen molar-refractivity contribution in [2.75, 3.05) is 0 Å². The van der Waals surface area contributed by atoms with Crippen molar-refractivity contribution in [2.24, 2.45) is 0 Å². The lowest BCUT2D eigenvalue weighted by Crippen LogP contribution is -1.97. The molecule has 3 nitrogen and oxygen atoms in total. The van der Waals surface area contributed by atoms with E-state index in [1.807, 2.05) is 22.7 Å². The number of aromatic nitrogens is 1. The maximum Gasteiger partial charge on any atom is 0.159 e. The monoisotopic (exact) mass is 1100 g/mol. The van der Waals surface area contributed by atoms with Gasteiger partial charge in [-0.3, -0.25) is 0 Å². The van der Waals surface area contributed by atoms with Gasteiger partial charge < -0.3 is 13.4 Å². The molecule has 5 heterocycles. The second kappa shape index (κ2) is 19.3. The number of thiophene rings is 2. The Morgan fingerprint density at radius 3 is 1.40 bits per heavy atom. The summed E-state index contributed by atoms with van der Waals surface area (Å²) in [5, 5.41) is 12.2. The Balaban J connectivity index is 0.761. The van der Waals surface area contributed by atoms with E-state index in [0.29, 0.717) is 0 Å². The van der Waals surface area contributed by atoms with Crippen LogP contribution in [0.1, 0.15) is 38.2 Å². The number of furan rings is 2. The second-order valence-corrected chi connectivity index (χ2v) is 24.6. The Morgan fingerprint density at radius 2 is 0.795 bits per heavy atom. The van der Waals surface area contributed by atoms with Crippen molar-refractivity contribution < 1.29 is 8.83 Å². The van der Waals surface area contributed by atoms with Crippen LogP contribution in [-0.4, -0.2) is 4.57 Å². The fraction of sp³-hybridized carbons (Fsp3) is 0.0769. The summed E-state index contributed by atoms with van der Waals surface area (Å²) >= 11 is 3.73. The van der Waals surface area contributed by atoms with Crippen LogP contribution in [0.4, 0.5) is 0 Å². The molecule has 0 aliphatic heterocycles. The number of fused-ring (bicyclic) bond motifs is 15. The van der Waals surface area contributed by atoms with Crippen molar-refractivity contribution >= 4 is 129 Å². The van der Waals surface area contributed by atoms with E-state index in [4.69, 9.17) is 8.83 Å². The average molecular weight is 1100 g/mol. The van der Waals surface area contributed by atoms with Gasteiger partial charge in [-0.2, -0.15) is 0 Å². The molecule has 0 bridgehead atoms. The third-order valence-electron chi connectivity index (χ3n) is 17.5. The lowest BCUT2D eigenvalue weighted by atomic mass is 9.95. The standard InChI is InChI=1S/C78H53NO2S2/c1-2-3-4-5-16-47-39-65-64-46-52(49-18-13-20-55(42-49)57-25-15-30-75-77(57)60-23-8-11-28-73(60)83-75)34-38-71(64)81-78(65)68(40-47)79-66-26-9-6-21-58(66)61-43-50(31-35-67(61)79)53-33-37-70-63(45-53)62-44-51(32-36-69(62)80-70)48-17-12-19-54(41-48)56-24-14-29-74-76(56)59-22-7-10-27-72(59)82-74/h6-15,17-46H,2-5,16H2,1H3. The van der Waals surface area contributed by atoms with Gasteiger partial charge in [0.25, 0.3) is 0 Å². The average Bonchev–Trinajstić information content (AvgIpc) is 2.91. The van der Waals surface area contributed by atoms with E-state index in [-0.39, 0.29) is 0 Å². The van der Waals surface area contributed by atoms with Crippen LogP contribution >= 0.6 is 22.7 Å². The second-order valence-electron chi connectivity index (χ2n) is 22.4. The van der Waals surface area contributed by atoms with Crippen molar-refractivity contribution in [2.45, 2.75) is 39.0 Å². The van der Waals surface area contributed by atoms with Gasteiger partial charge in [0.05, 0.1) is 16.7 Å². The number of hydrogen-bond donors (Lipinski definition) is 0. The van der Waals surface area contributed by atoms with Gasteiger partial charge in [0.1, 0.15) is 16.7 Å². The SMILES string of the molecule is CCCCCCc1cc(-n2c3ccccc3c3cc(-c4ccc5oc6ccc(-c7cccc(-c8cccc9sc%10ccccc%10c89)c7)cc6c5c4)ccc32)c2oc3ccc(-c4cccc(-c5cccc6sc7ccccc7c56)c4)cc3c2c1. The highest BCUT2D eigenvalue weighted by Gasteiger charge is 2.22. The van der Waals surface area contributed by atoms with Gasteiger partial charge in [0.15, 0.2) is 5.58 Å². The third-order valence-corrected chi connectivity index (χ3v) is 19.7. The lowest BCUT2D eigenvalue weighted by molar-refractivity contribution is 0.662. The first-order valence-corrected chi connectivity index (χ1v) is 30.7. The topological polar surface area (TPSA) is 31.2 Å². The Bertz CT molecular complexity index is 5470. The quantitative estimate of drug-likeness (QED) is 0.121. The normalized spacial score (nSPS) is 12.2. The molecule has 0 aliphatic carbocycles. The Morgan fingerprint density at radius 1 is 0.325 bits per heavy atom. The molecule has 0 saturated heterocycles. The predicted molar refractivity (Wildman–Crippen MR) is 356 cm³/mol. The Labute approximate surface area is 487 Å². The third kappa shape index (κ3) is 7.90. The van der Waals surface area contributed by atoms with Crippen LogP contribution in [0.15, 0.2) is 251 Å². The van der Waals surface area contributed by atoms with Crippen LogP contribution in [-0.2, 0) is 6.42 Å². The lowest BCUT2D eigenvalue weighted by Gasteiger charge is -2.12.